The van der Waals surface area contributed by atoms with Gasteiger partial charge in [0.05, 0.1) is 17.0 Å². The molecule has 0 saturated carbocycles. The van der Waals surface area contributed by atoms with E-state index >= 15 is 0 Å². The number of benzene rings is 2. The zero-order valence-electron chi connectivity index (χ0n) is 16.0. The van der Waals surface area contributed by atoms with Crippen molar-refractivity contribution in [1.29, 1.82) is 0 Å². The highest BCUT2D eigenvalue weighted by Gasteiger charge is 2.25. The number of hydrogen-bond acceptors (Lipinski definition) is 4. The number of ketones is 1. The van der Waals surface area contributed by atoms with Gasteiger partial charge in [-0.1, -0.05) is 36.8 Å². The highest BCUT2D eigenvalue weighted by atomic mass is 32.2. The van der Waals surface area contributed by atoms with E-state index in [1.54, 1.807) is 30.3 Å². The Morgan fingerprint density at radius 1 is 1.00 bits per heavy atom. The Balaban J connectivity index is 1.80. The summed E-state index contributed by atoms with van der Waals surface area (Å²) in [6.45, 7) is 4.09. The van der Waals surface area contributed by atoms with Crippen LogP contribution in [-0.4, -0.2) is 42.7 Å². The van der Waals surface area contributed by atoms with Gasteiger partial charge in [-0.2, -0.15) is 0 Å². The predicted octanol–water partition coefficient (Wildman–Crippen LogP) is 3.86. The Kier molecular flexibility index (Phi) is 5.08. The van der Waals surface area contributed by atoms with Crippen LogP contribution in [0.4, 0.5) is 0 Å². The van der Waals surface area contributed by atoms with Crippen molar-refractivity contribution in [2.45, 2.75) is 31.1 Å². The molecule has 1 saturated heterocycles. The summed E-state index contributed by atoms with van der Waals surface area (Å²) in [6, 6.07) is 13.9. The molecule has 146 valence electrons. The van der Waals surface area contributed by atoms with Crippen LogP contribution in [0.5, 0.6) is 0 Å². The third kappa shape index (κ3) is 3.50. The molecule has 0 aliphatic carbocycles. The van der Waals surface area contributed by atoms with E-state index in [4.69, 9.17) is 0 Å². The molecule has 1 aliphatic heterocycles. The number of rotatable bonds is 5. The average molecular weight is 397 g/mol. The summed E-state index contributed by atoms with van der Waals surface area (Å²) in [7, 11) is -3.78. The monoisotopic (exact) mass is 396 g/mol. The van der Waals surface area contributed by atoms with Gasteiger partial charge in [-0.3, -0.25) is 9.69 Å². The Morgan fingerprint density at radius 3 is 2.43 bits per heavy atom. The molecule has 1 aliphatic rings. The number of Topliss-reactive ketones (excluding diaryl/α,β-unsaturated/α-hetero) is 1. The number of carbonyl (C=O) groups excluding carboxylic acids is 1. The van der Waals surface area contributed by atoms with E-state index in [2.05, 4.69) is 4.90 Å². The summed E-state index contributed by atoms with van der Waals surface area (Å²) in [6.07, 6.45) is 4.92. The lowest BCUT2D eigenvalue weighted by Gasteiger charge is -2.25. The standard InChI is InChI=1S/C22H24N2O3S/c1-17-10-11-19-20(22(25)16-23-12-6-3-7-13-23)15-24(21(19)14-17)28(26,27)18-8-4-2-5-9-18/h2,4-5,8-11,14-15H,3,6-7,12-13,16H2,1H3. The Bertz CT molecular complexity index is 1110. The Morgan fingerprint density at radius 2 is 1.71 bits per heavy atom. The quantitative estimate of drug-likeness (QED) is 0.615. The van der Waals surface area contributed by atoms with Crippen LogP contribution in [0, 0.1) is 6.92 Å². The number of fused-ring (bicyclic) bond motifs is 1. The minimum atomic E-state index is -3.78. The molecular formula is C22H24N2O3S. The van der Waals surface area contributed by atoms with Gasteiger partial charge in [-0.25, -0.2) is 12.4 Å². The van der Waals surface area contributed by atoms with Crippen molar-refractivity contribution >= 4 is 26.7 Å². The number of aromatic nitrogens is 1. The molecule has 0 spiro atoms. The van der Waals surface area contributed by atoms with Crippen molar-refractivity contribution in [3.05, 3.63) is 65.9 Å². The van der Waals surface area contributed by atoms with Gasteiger partial charge in [0.25, 0.3) is 10.0 Å². The van der Waals surface area contributed by atoms with Crippen molar-refractivity contribution in [2.24, 2.45) is 0 Å². The maximum Gasteiger partial charge on any atom is 0.268 e. The van der Waals surface area contributed by atoms with Gasteiger partial charge in [-0.15, -0.1) is 0 Å². The van der Waals surface area contributed by atoms with E-state index in [9.17, 15) is 13.2 Å². The van der Waals surface area contributed by atoms with Crippen molar-refractivity contribution in [2.75, 3.05) is 19.6 Å². The molecule has 1 fully saturated rings. The third-order valence-electron chi connectivity index (χ3n) is 5.34. The molecule has 0 unspecified atom stereocenters. The molecule has 28 heavy (non-hydrogen) atoms. The lowest BCUT2D eigenvalue weighted by molar-refractivity contribution is 0.0917. The van der Waals surface area contributed by atoms with E-state index in [0.29, 0.717) is 23.0 Å². The smallest absolute Gasteiger partial charge is 0.268 e. The largest absolute Gasteiger partial charge is 0.296 e. The van der Waals surface area contributed by atoms with Crippen molar-refractivity contribution in [1.82, 2.24) is 8.87 Å². The average Bonchev–Trinajstić information content (AvgIpc) is 3.09. The highest BCUT2D eigenvalue weighted by Crippen LogP contribution is 2.27. The molecule has 0 N–H and O–H groups in total. The van der Waals surface area contributed by atoms with Crippen LogP contribution in [0.15, 0.2) is 59.6 Å². The molecule has 5 nitrogen and oxygen atoms in total. The van der Waals surface area contributed by atoms with Gasteiger partial charge >= 0.3 is 0 Å². The van der Waals surface area contributed by atoms with Crippen LogP contribution in [0.1, 0.15) is 35.2 Å². The van der Waals surface area contributed by atoms with Crippen molar-refractivity contribution in [3.8, 4) is 0 Å². The number of likely N-dealkylation sites (tertiary alicyclic amines) is 1. The summed E-state index contributed by atoms with van der Waals surface area (Å²) in [5.74, 6) is -0.0298. The van der Waals surface area contributed by atoms with E-state index in [0.717, 1.165) is 31.5 Å². The van der Waals surface area contributed by atoms with Crippen LogP contribution < -0.4 is 0 Å². The van der Waals surface area contributed by atoms with Gasteiger partial charge in [0, 0.05) is 17.1 Å². The lowest BCUT2D eigenvalue weighted by atomic mass is 10.1. The van der Waals surface area contributed by atoms with Crippen LogP contribution >= 0.6 is 0 Å². The molecule has 0 amide bonds. The molecular weight excluding hydrogens is 372 g/mol. The summed E-state index contributed by atoms with van der Waals surface area (Å²) in [5.41, 5.74) is 1.97. The first kappa shape index (κ1) is 18.9. The minimum Gasteiger partial charge on any atom is -0.296 e. The SMILES string of the molecule is Cc1ccc2c(C(=O)CN3CCCCC3)cn(S(=O)(=O)c3ccccc3)c2c1. The van der Waals surface area contributed by atoms with Crippen LogP contribution in [-0.2, 0) is 10.0 Å². The molecule has 2 heterocycles. The summed E-state index contributed by atoms with van der Waals surface area (Å²) in [5, 5.41) is 0.687. The third-order valence-corrected chi connectivity index (χ3v) is 7.03. The second-order valence-corrected chi connectivity index (χ2v) is 9.25. The second kappa shape index (κ2) is 7.53. The maximum absolute atomic E-state index is 13.2. The molecule has 2 aromatic carbocycles. The van der Waals surface area contributed by atoms with E-state index in [-0.39, 0.29) is 10.7 Å². The first-order chi connectivity index (χ1) is 13.5. The molecule has 4 rings (SSSR count). The van der Waals surface area contributed by atoms with Crippen LogP contribution in [0.2, 0.25) is 0 Å². The van der Waals surface area contributed by atoms with E-state index in [1.165, 1.54) is 16.6 Å². The molecule has 6 heteroatoms. The van der Waals surface area contributed by atoms with Crippen molar-refractivity contribution < 1.29 is 13.2 Å². The second-order valence-electron chi connectivity index (χ2n) is 7.44. The fourth-order valence-electron chi connectivity index (χ4n) is 3.84. The molecule has 3 aromatic rings. The fraction of sp³-hybridized carbons (Fsp3) is 0.318. The van der Waals surface area contributed by atoms with Gasteiger partial charge in [-0.05, 0) is 56.6 Å². The number of hydrogen-bond donors (Lipinski definition) is 0. The Hall–Kier alpha value is -2.44. The first-order valence-corrected chi connectivity index (χ1v) is 11.1. The highest BCUT2D eigenvalue weighted by molar-refractivity contribution is 7.90. The molecule has 0 atom stereocenters. The first-order valence-electron chi connectivity index (χ1n) is 9.65. The van der Waals surface area contributed by atoms with Gasteiger partial charge in [0.1, 0.15) is 0 Å². The van der Waals surface area contributed by atoms with Gasteiger partial charge in [0.2, 0.25) is 0 Å². The summed E-state index contributed by atoms with van der Waals surface area (Å²) >= 11 is 0. The van der Waals surface area contributed by atoms with E-state index in [1.807, 2.05) is 25.1 Å². The number of carbonyl (C=O) groups is 1. The van der Waals surface area contributed by atoms with Gasteiger partial charge in [0.15, 0.2) is 5.78 Å². The lowest BCUT2D eigenvalue weighted by Crippen LogP contribution is -2.34. The molecule has 0 radical (unpaired) electrons. The number of aryl methyl sites for hydroxylation is 1. The maximum atomic E-state index is 13.2. The fourth-order valence-corrected chi connectivity index (χ4v) is 5.22. The minimum absolute atomic E-state index is 0.0298. The number of piperidine rings is 1. The normalized spacial score (nSPS) is 15.8. The predicted molar refractivity (Wildman–Crippen MR) is 110 cm³/mol. The summed E-state index contributed by atoms with van der Waals surface area (Å²) in [4.78, 5) is 15.4. The molecule has 1 aromatic heterocycles. The zero-order valence-corrected chi connectivity index (χ0v) is 16.8. The van der Waals surface area contributed by atoms with E-state index < -0.39 is 10.0 Å². The Labute approximate surface area is 165 Å². The number of nitrogens with zero attached hydrogens (tertiary/aromatic N) is 2. The zero-order chi connectivity index (χ0) is 19.7. The van der Waals surface area contributed by atoms with Crippen LogP contribution in [0.3, 0.4) is 0 Å². The molecule has 0 bridgehead atoms. The van der Waals surface area contributed by atoms with Crippen molar-refractivity contribution in [3.63, 3.8) is 0 Å². The van der Waals surface area contributed by atoms with Gasteiger partial charge < -0.3 is 0 Å². The summed E-state index contributed by atoms with van der Waals surface area (Å²) < 4.78 is 27.7. The topological polar surface area (TPSA) is 59.4 Å². The van der Waals surface area contributed by atoms with Crippen LogP contribution in [0.25, 0.3) is 10.9 Å².